The Labute approximate surface area is 121 Å². The third-order valence-electron chi connectivity index (χ3n) is 3.15. The first-order valence-corrected chi connectivity index (χ1v) is 5.59. The van der Waals surface area contributed by atoms with Crippen LogP contribution in [-0.4, -0.2) is 9.97 Å². The van der Waals surface area contributed by atoms with Gasteiger partial charge in [0, 0.05) is 18.2 Å². The molecule has 2 heterocycles. The van der Waals surface area contributed by atoms with Crippen molar-refractivity contribution in [3.8, 4) is 0 Å². The number of aromatic amines is 1. The van der Waals surface area contributed by atoms with Crippen LogP contribution >= 0.6 is 0 Å². The number of para-hydroxylation sites is 1. The first kappa shape index (κ1) is 11.4. The standard InChI is InChI=1S/C15H9N2.HI/c1-3-7-12-10(5-1)15-11-6-2-4-8-13(11)17-14(15)9-16-12;/h1-4,6-9,17H;1H/q+1;/p-1. The van der Waals surface area contributed by atoms with Crippen LogP contribution in [0, 0.1) is 0 Å². The lowest BCUT2D eigenvalue weighted by Gasteiger charge is -1.88. The number of allylic oxidation sites excluding steroid dienone is 2. The summed E-state index contributed by atoms with van der Waals surface area (Å²) in [5, 5.41) is 4.52. The van der Waals surface area contributed by atoms with Crippen LogP contribution in [0.2, 0.25) is 0 Å². The zero-order chi connectivity index (χ0) is 11.2. The topological polar surface area (TPSA) is 28.7 Å². The zero-order valence-electron chi connectivity index (χ0n) is 9.44. The summed E-state index contributed by atoms with van der Waals surface area (Å²) >= 11 is 0. The van der Waals surface area contributed by atoms with E-state index >= 15 is 0 Å². The monoisotopic (exact) mass is 344 g/mol. The van der Waals surface area contributed by atoms with Gasteiger partial charge < -0.3 is 29.0 Å². The van der Waals surface area contributed by atoms with Crippen molar-refractivity contribution in [3.63, 3.8) is 0 Å². The van der Waals surface area contributed by atoms with E-state index in [1.807, 2.05) is 30.5 Å². The summed E-state index contributed by atoms with van der Waals surface area (Å²) in [6.07, 6.45) is 11.1. The highest BCUT2D eigenvalue weighted by molar-refractivity contribution is 6.07. The molecule has 0 amide bonds. The maximum atomic E-state index is 4.44. The lowest BCUT2D eigenvalue weighted by Crippen LogP contribution is -3.00. The van der Waals surface area contributed by atoms with E-state index in [1.54, 1.807) is 0 Å². The fraction of sp³-hybridized carbons (Fsp3) is 0. The summed E-state index contributed by atoms with van der Waals surface area (Å²) in [4.78, 5) is 7.83. The molecule has 1 N–H and O–H groups in total. The average Bonchev–Trinajstić information content (AvgIpc) is 2.77. The molecule has 1 aliphatic rings. The molecule has 0 saturated carbocycles. The van der Waals surface area contributed by atoms with Gasteiger partial charge in [0.15, 0.2) is 10.6 Å². The molecule has 0 fully saturated rings. The van der Waals surface area contributed by atoms with Crippen LogP contribution in [0.3, 0.4) is 0 Å². The summed E-state index contributed by atoms with van der Waals surface area (Å²) in [5.74, 6) is 0. The summed E-state index contributed by atoms with van der Waals surface area (Å²) in [5.41, 5.74) is 2.22. The average molecular weight is 344 g/mol. The number of hydrogen-bond donors (Lipinski definition) is 1. The van der Waals surface area contributed by atoms with Crippen molar-refractivity contribution in [1.29, 1.82) is 0 Å². The van der Waals surface area contributed by atoms with Gasteiger partial charge in [0.1, 0.15) is 10.9 Å². The smallest absolute Gasteiger partial charge is 0.184 e. The van der Waals surface area contributed by atoms with Crippen LogP contribution in [-0.2, 0) is 0 Å². The Morgan fingerprint density at radius 2 is 2.00 bits per heavy atom. The van der Waals surface area contributed by atoms with E-state index in [-0.39, 0.29) is 24.0 Å². The second-order valence-corrected chi connectivity index (χ2v) is 4.15. The van der Waals surface area contributed by atoms with Crippen molar-refractivity contribution >= 4 is 34.0 Å². The van der Waals surface area contributed by atoms with Gasteiger partial charge in [0.05, 0.1) is 23.2 Å². The van der Waals surface area contributed by atoms with Gasteiger partial charge in [0.2, 0.25) is 0 Å². The summed E-state index contributed by atoms with van der Waals surface area (Å²) in [6.45, 7) is 0. The molecule has 4 rings (SSSR count). The molecule has 0 bridgehead atoms. The highest BCUT2D eigenvalue weighted by Crippen LogP contribution is 2.20. The molecule has 1 aromatic carbocycles. The molecule has 0 atom stereocenters. The number of aromatic nitrogens is 2. The van der Waals surface area contributed by atoms with Crippen LogP contribution < -0.4 is 34.5 Å². The molecule has 18 heavy (non-hydrogen) atoms. The molecule has 0 saturated heterocycles. The maximum absolute atomic E-state index is 4.44. The van der Waals surface area contributed by atoms with Gasteiger partial charge in [-0.1, -0.05) is 12.1 Å². The fourth-order valence-corrected chi connectivity index (χ4v) is 2.40. The van der Waals surface area contributed by atoms with E-state index in [9.17, 15) is 0 Å². The van der Waals surface area contributed by atoms with E-state index in [0.717, 1.165) is 21.6 Å². The molecule has 0 unspecified atom stereocenters. The largest absolute Gasteiger partial charge is 1.00 e. The molecule has 2 nitrogen and oxygen atoms in total. The Morgan fingerprint density at radius 3 is 2.94 bits per heavy atom. The SMILES string of the molecule is [C+]1=c2c(ncc3[nH]c4ccccc4c23)=CC=C1.[I-]. The number of fused-ring (bicyclic) bond motifs is 5. The highest BCUT2D eigenvalue weighted by Gasteiger charge is 2.12. The van der Waals surface area contributed by atoms with Gasteiger partial charge >= 0.3 is 0 Å². The minimum absolute atomic E-state index is 0. The Hall–Kier alpha value is -1.71. The molecule has 0 aliphatic heterocycles. The van der Waals surface area contributed by atoms with Gasteiger partial charge in [0.25, 0.3) is 0 Å². The van der Waals surface area contributed by atoms with Gasteiger partial charge in [-0.2, -0.15) is 0 Å². The normalized spacial score (nSPS) is 12.2. The van der Waals surface area contributed by atoms with Crippen LogP contribution in [0.5, 0.6) is 0 Å². The predicted octanol–water partition coefficient (Wildman–Crippen LogP) is -1.27. The molecule has 3 aromatic rings. The lowest BCUT2D eigenvalue weighted by atomic mass is 10.1. The van der Waals surface area contributed by atoms with Crippen LogP contribution in [0.25, 0.3) is 34.0 Å². The first-order valence-electron chi connectivity index (χ1n) is 5.59. The van der Waals surface area contributed by atoms with Gasteiger partial charge in [-0.3, -0.25) is 0 Å². The van der Waals surface area contributed by atoms with E-state index in [2.05, 4.69) is 34.2 Å². The molecule has 2 aromatic heterocycles. The molecular formula is C15H9IN2. The number of pyridine rings is 1. The number of hydrogen-bond acceptors (Lipinski definition) is 1. The van der Waals surface area contributed by atoms with Crippen molar-refractivity contribution in [2.45, 2.75) is 0 Å². The number of benzene rings is 1. The van der Waals surface area contributed by atoms with Crippen LogP contribution in [0.15, 0.2) is 42.6 Å². The Balaban J connectivity index is 0.000001000. The molecule has 0 spiro atoms. The van der Waals surface area contributed by atoms with Gasteiger partial charge in [-0.05, 0) is 12.1 Å². The molecule has 1 aliphatic carbocycles. The fourth-order valence-electron chi connectivity index (χ4n) is 2.40. The quantitative estimate of drug-likeness (QED) is 0.400. The Morgan fingerprint density at radius 1 is 1.11 bits per heavy atom. The summed E-state index contributed by atoms with van der Waals surface area (Å²) < 4.78 is 0. The first-order chi connectivity index (χ1) is 8.43. The molecule has 3 heteroatoms. The third-order valence-corrected chi connectivity index (χ3v) is 3.15. The van der Waals surface area contributed by atoms with E-state index in [0.29, 0.717) is 0 Å². The summed E-state index contributed by atoms with van der Waals surface area (Å²) in [7, 11) is 0. The Bertz CT molecular complexity index is 888. The van der Waals surface area contributed by atoms with Crippen molar-refractivity contribution in [1.82, 2.24) is 9.97 Å². The predicted molar refractivity (Wildman–Crippen MR) is 69.9 cm³/mol. The number of rotatable bonds is 0. The van der Waals surface area contributed by atoms with Crippen molar-refractivity contribution in [2.24, 2.45) is 0 Å². The number of nitrogens with one attached hydrogen (secondary N) is 1. The van der Waals surface area contributed by atoms with E-state index < -0.39 is 0 Å². The zero-order valence-corrected chi connectivity index (χ0v) is 11.6. The second kappa shape index (κ2) is 4.19. The molecule has 86 valence electrons. The molecular weight excluding hydrogens is 335 g/mol. The Kier molecular flexibility index (Phi) is 2.65. The van der Waals surface area contributed by atoms with Crippen molar-refractivity contribution in [3.05, 3.63) is 53.2 Å². The van der Waals surface area contributed by atoms with Gasteiger partial charge in [-0.25, -0.2) is 4.98 Å². The van der Waals surface area contributed by atoms with Gasteiger partial charge in [-0.15, -0.1) is 0 Å². The number of H-pyrrole nitrogens is 1. The van der Waals surface area contributed by atoms with E-state index in [4.69, 9.17) is 0 Å². The minimum atomic E-state index is 0. The number of halogens is 1. The summed E-state index contributed by atoms with van der Waals surface area (Å²) in [6, 6.07) is 8.32. The van der Waals surface area contributed by atoms with Crippen molar-refractivity contribution in [2.75, 3.05) is 0 Å². The lowest BCUT2D eigenvalue weighted by molar-refractivity contribution is -0.00000328. The minimum Gasteiger partial charge on any atom is -1.00 e. The van der Waals surface area contributed by atoms with E-state index in [1.165, 1.54) is 10.8 Å². The van der Waals surface area contributed by atoms with Crippen LogP contribution in [0.4, 0.5) is 0 Å². The molecule has 0 radical (unpaired) electrons. The second-order valence-electron chi connectivity index (χ2n) is 4.15. The third kappa shape index (κ3) is 1.48. The van der Waals surface area contributed by atoms with Crippen LogP contribution in [0.1, 0.15) is 0 Å². The maximum Gasteiger partial charge on any atom is 0.184 e. The highest BCUT2D eigenvalue weighted by atomic mass is 127. The van der Waals surface area contributed by atoms with Crippen molar-refractivity contribution < 1.29 is 24.0 Å². The number of nitrogens with zero attached hydrogens (tertiary/aromatic N) is 1.